The van der Waals surface area contributed by atoms with E-state index >= 15 is 0 Å². The molecule has 2 aromatic carbocycles. The van der Waals surface area contributed by atoms with Gasteiger partial charge in [-0.1, -0.05) is 80.4 Å². The van der Waals surface area contributed by atoms with E-state index in [2.05, 4.69) is 68.1 Å². The quantitative estimate of drug-likeness (QED) is 0.321. The lowest BCUT2D eigenvalue weighted by Crippen LogP contribution is -2.06. The van der Waals surface area contributed by atoms with Crippen LogP contribution in [0.15, 0.2) is 67.3 Å². The molecule has 0 heterocycles. The predicted molar refractivity (Wildman–Crippen MR) is 104 cm³/mol. The van der Waals surface area contributed by atoms with E-state index < -0.39 is 0 Å². The Morgan fingerprint density at radius 2 is 1.62 bits per heavy atom. The molecule has 0 aliphatic rings. The molecule has 0 amide bonds. The third kappa shape index (κ3) is 5.98. The molecule has 1 heteroatoms. The average molecular weight is 322 g/mol. The van der Waals surface area contributed by atoms with Crippen molar-refractivity contribution < 1.29 is 4.74 Å². The first-order chi connectivity index (χ1) is 11.8. The van der Waals surface area contributed by atoms with Gasteiger partial charge < -0.3 is 4.74 Å². The third-order valence-electron chi connectivity index (χ3n) is 4.33. The molecule has 0 aliphatic carbocycles. The van der Waals surface area contributed by atoms with Crippen molar-refractivity contribution in [1.82, 2.24) is 0 Å². The fraction of sp³-hybridized carbons (Fsp3) is 0.391. The van der Waals surface area contributed by atoms with Gasteiger partial charge in [-0.25, -0.2) is 0 Å². The second-order valence-electron chi connectivity index (χ2n) is 6.27. The maximum Gasteiger partial charge on any atom is 0.0825 e. The van der Waals surface area contributed by atoms with Crippen molar-refractivity contribution in [3.63, 3.8) is 0 Å². The molecule has 2 aromatic rings. The molecule has 1 atom stereocenters. The summed E-state index contributed by atoms with van der Waals surface area (Å²) in [5.41, 5.74) is 3.81. The van der Waals surface area contributed by atoms with Crippen LogP contribution in [0.25, 0.3) is 11.1 Å². The van der Waals surface area contributed by atoms with Gasteiger partial charge in [0.25, 0.3) is 0 Å². The van der Waals surface area contributed by atoms with Gasteiger partial charge in [0, 0.05) is 6.61 Å². The molecule has 0 fully saturated rings. The molecular weight excluding hydrogens is 292 g/mol. The summed E-state index contributed by atoms with van der Waals surface area (Å²) in [5, 5.41) is 0. The maximum atomic E-state index is 6.19. The SMILES string of the molecule is C=CCCCC(OCCCCC)c1ccc(-c2ccccc2)cc1. The van der Waals surface area contributed by atoms with Crippen molar-refractivity contribution >= 4 is 0 Å². The number of allylic oxidation sites excluding steroid dienone is 1. The second kappa shape index (κ2) is 10.8. The number of benzene rings is 2. The Morgan fingerprint density at radius 3 is 2.29 bits per heavy atom. The second-order valence-corrected chi connectivity index (χ2v) is 6.27. The Balaban J connectivity index is 2.02. The Kier molecular flexibility index (Phi) is 8.34. The molecule has 0 aromatic heterocycles. The van der Waals surface area contributed by atoms with Crippen LogP contribution < -0.4 is 0 Å². The summed E-state index contributed by atoms with van der Waals surface area (Å²) < 4.78 is 6.19. The summed E-state index contributed by atoms with van der Waals surface area (Å²) in [6, 6.07) is 19.4. The van der Waals surface area contributed by atoms with Crippen LogP contribution in [0.2, 0.25) is 0 Å². The van der Waals surface area contributed by atoms with Gasteiger partial charge in [0.05, 0.1) is 6.10 Å². The summed E-state index contributed by atoms with van der Waals surface area (Å²) in [5.74, 6) is 0. The van der Waals surface area contributed by atoms with Crippen molar-refractivity contribution in [2.45, 2.75) is 51.6 Å². The Morgan fingerprint density at radius 1 is 0.917 bits per heavy atom. The Bertz CT molecular complexity index is 571. The lowest BCUT2D eigenvalue weighted by Gasteiger charge is -2.19. The van der Waals surface area contributed by atoms with E-state index in [1.807, 2.05) is 6.08 Å². The smallest absolute Gasteiger partial charge is 0.0825 e. The molecule has 0 bridgehead atoms. The fourth-order valence-corrected chi connectivity index (χ4v) is 2.89. The van der Waals surface area contributed by atoms with Crippen molar-refractivity contribution in [1.29, 1.82) is 0 Å². The third-order valence-corrected chi connectivity index (χ3v) is 4.33. The largest absolute Gasteiger partial charge is 0.374 e. The van der Waals surface area contributed by atoms with Crippen LogP contribution in [0, 0.1) is 0 Å². The number of ether oxygens (including phenoxy) is 1. The standard InChI is InChI=1S/C23H30O/c1-3-5-8-14-23(24-19-11-6-4-2)22-17-15-21(16-18-22)20-12-9-7-10-13-20/h3,7,9-10,12-13,15-18,23H,1,4-6,8,11,14,19H2,2H3. The molecule has 1 unspecified atom stereocenters. The molecule has 0 radical (unpaired) electrons. The zero-order valence-electron chi connectivity index (χ0n) is 14.9. The molecule has 0 N–H and O–H groups in total. The van der Waals surface area contributed by atoms with Crippen LogP contribution >= 0.6 is 0 Å². The molecule has 0 saturated carbocycles. The van der Waals surface area contributed by atoms with Crippen molar-refractivity contribution in [2.75, 3.05) is 6.61 Å². The maximum absolute atomic E-state index is 6.19. The minimum Gasteiger partial charge on any atom is -0.374 e. The van der Waals surface area contributed by atoms with E-state index in [0.29, 0.717) is 0 Å². The van der Waals surface area contributed by atoms with Crippen molar-refractivity contribution in [3.8, 4) is 11.1 Å². The van der Waals surface area contributed by atoms with E-state index in [0.717, 1.165) is 32.3 Å². The number of rotatable bonds is 11. The van der Waals surface area contributed by atoms with Gasteiger partial charge in [-0.2, -0.15) is 0 Å². The zero-order valence-corrected chi connectivity index (χ0v) is 14.9. The molecule has 1 nitrogen and oxygen atoms in total. The normalized spacial score (nSPS) is 12.0. The van der Waals surface area contributed by atoms with Gasteiger partial charge in [-0.05, 0) is 42.4 Å². The number of hydrogen-bond acceptors (Lipinski definition) is 1. The lowest BCUT2D eigenvalue weighted by atomic mass is 9.99. The molecule has 0 aliphatic heterocycles. The highest BCUT2D eigenvalue weighted by Crippen LogP contribution is 2.27. The van der Waals surface area contributed by atoms with Gasteiger partial charge in [-0.3, -0.25) is 0 Å². The molecular formula is C23H30O. The van der Waals surface area contributed by atoms with E-state index in [9.17, 15) is 0 Å². The van der Waals surface area contributed by atoms with Crippen LogP contribution in [0.4, 0.5) is 0 Å². The highest BCUT2D eigenvalue weighted by molar-refractivity contribution is 5.63. The highest BCUT2D eigenvalue weighted by Gasteiger charge is 2.12. The summed E-state index contributed by atoms with van der Waals surface area (Å²) in [4.78, 5) is 0. The molecule has 24 heavy (non-hydrogen) atoms. The van der Waals surface area contributed by atoms with E-state index in [-0.39, 0.29) is 6.10 Å². The number of hydrogen-bond donors (Lipinski definition) is 0. The number of unbranched alkanes of at least 4 members (excludes halogenated alkanes) is 3. The fourth-order valence-electron chi connectivity index (χ4n) is 2.89. The minimum atomic E-state index is 0.201. The first-order valence-corrected chi connectivity index (χ1v) is 9.23. The van der Waals surface area contributed by atoms with E-state index in [1.165, 1.54) is 29.5 Å². The van der Waals surface area contributed by atoms with Crippen LogP contribution in [-0.2, 0) is 4.74 Å². The van der Waals surface area contributed by atoms with Crippen molar-refractivity contribution in [3.05, 3.63) is 72.8 Å². The van der Waals surface area contributed by atoms with Crippen LogP contribution in [-0.4, -0.2) is 6.61 Å². The topological polar surface area (TPSA) is 9.23 Å². The molecule has 128 valence electrons. The van der Waals surface area contributed by atoms with E-state index in [1.54, 1.807) is 0 Å². The van der Waals surface area contributed by atoms with Crippen LogP contribution in [0.1, 0.15) is 57.1 Å². The molecule has 0 saturated heterocycles. The van der Waals surface area contributed by atoms with Gasteiger partial charge in [0.1, 0.15) is 0 Å². The van der Waals surface area contributed by atoms with Gasteiger partial charge in [0.15, 0.2) is 0 Å². The summed E-state index contributed by atoms with van der Waals surface area (Å²) in [7, 11) is 0. The predicted octanol–water partition coefficient (Wildman–Crippen LogP) is 6.96. The molecule has 0 spiro atoms. The first-order valence-electron chi connectivity index (χ1n) is 9.23. The van der Waals surface area contributed by atoms with Gasteiger partial charge in [-0.15, -0.1) is 6.58 Å². The average Bonchev–Trinajstić information content (AvgIpc) is 2.65. The summed E-state index contributed by atoms with van der Waals surface area (Å²) in [6.45, 7) is 6.90. The van der Waals surface area contributed by atoms with E-state index in [4.69, 9.17) is 4.74 Å². The lowest BCUT2D eigenvalue weighted by molar-refractivity contribution is 0.0430. The minimum absolute atomic E-state index is 0.201. The zero-order chi connectivity index (χ0) is 17.0. The highest BCUT2D eigenvalue weighted by atomic mass is 16.5. The Hall–Kier alpha value is -1.86. The monoisotopic (exact) mass is 322 g/mol. The van der Waals surface area contributed by atoms with Crippen LogP contribution in [0.5, 0.6) is 0 Å². The summed E-state index contributed by atoms with van der Waals surface area (Å²) in [6.07, 6.45) is 9.06. The van der Waals surface area contributed by atoms with Gasteiger partial charge in [0.2, 0.25) is 0 Å². The van der Waals surface area contributed by atoms with Gasteiger partial charge >= 0.3 is 0 Å². The summed E-state index contributed by atoms with van der Waals surface area (Å²) >= 11 is 0. The first kappa shape index (κ1) is 18.5. The van der Waals surface area contributed by atoms with Crippen molar-refractivity contribution in [2.24, 2.45) is 0 Å². The Labute approximate surface area is 147 Å². The van der Waals surface area contributed by atoms with Crippen LogP contribution in [0.3, 0.4) is 0 Å². The molecule has 2 rings (SSSR count).